The van der Waals surface area contributed by atoms with Crippen LogP contribution in [0.1, 0.15) is 17.3 Å². The van der Waals surface area contributed by atoms with Gasteiger partial charge in [0, 0.05) is 5.56 Å². The van der Waals surface area contributed by atoms with Gasteiger partial charge in [0.1, 0.15) is 0 Å². The summed E-state index contributed by atoms with van der Waals surface area (Å²) in [5.74, 6) is -0.0132. The third kappa shape index (κ3) is 1.90. The third-order valence-electron chi connectivity index (χ3n) is 2.45. The number of nitrogens with two attached hydrogens (primary N) is 1. The molecule has 2 rings (SSSR count). The van der Waals surface area contributed by atoms with Gasteiger partial charge in [0.25, 0.3) is 0 Å². The van der Waals surface area contributed by atoms with Crippen LogP contribution >= 0.6 is 0 Å². The van der Waals surface area contributed by atoms with E-state index in [9.17, 15) is 4.79 Å². The highest BCUT2D eigenvalue weighted by atomic mass is 16.1. The second-order valence-corrected chi connectivity index (χ2v) is 3.71. The molecule has 1 unspecified atom stereocenters. The largest absolute Gasteiger partial charge is 0.321 e. The number of Topliss-reactive ketones (excluding diaryl/α,β-unsaturated/α-hetero) is 1. The van der Waals surface area contributed by atoms with Crippen LogP contribution in [0.2, 0.25) is 0 Å². The van der Waals surface area contributed by atoms with Gasteiger partial charge in [0.15, 0.2) is 5.78 Å². The molecule has 0 aromatic heterocycles. The van der Waals surface area contributed by atoms with Gasteiger partial charge >= 0.3 is 0 Å². The van der Waals surface area contributed by atoms with Crippen LogP contribution in [0.15, 0.2) is 42.5 Å². The lowest BCUT2D eigenvalue weighted by molar-refractivity contribution is 0.0968. The van der Waals surface area contributed by atoms with Crippen molar-refractivity contribution in [2.24, 2.45) is 5.73 Å². The van der Waals surface area contributed by atoms with Crippen LogP contribution in [0.5, 0.6) is 0 Å². The molecule has 1 atom stereocenters. The number of fused-ring (bicyclic) bond motifs is 1. The molecular weight excluding hydrogens is 186 g/mol. The van der Waals surface area contributed by atoms with Crippen molar-refractivity contribution in [2.45, 2.75) is 13.0 Å². The van der Waals surface area contributed by atoms with Crippen molar-refractivity contribution in [1.82, 2.24) is 0 Å². The molecule has 2 aromatic rings. The van der Waals surface area contributed by atoms with Crippen LogP contribution in [0.4, 0.5) is 0 Å². The molecule has 2 aromatic carbocycles. The Hall–Kier alpha value is -1.67. The summed E-state index contributed by atoms with van der Waals surface area (Å²) < 4.78 is 0. The van der Waals surface area contributed by atoms with E-state index in [1.165, 1.54) is 0 Å². The first-order valence-electron chi connectivity index (χ1n) is 4.97. The summed E-state index contributed by atoms with van der Waals surface area (Å²) in [5.41, 5.74) is 6.25. The lowest BCUT2D eigenvalue weighted by atomic mass is 10.0. The smallest absolute Gasteiger partial charge is 0.179 e. The molecule has 0 aliphatic carbocycles. The molecule has 15 heavy (non-hydrogen) atoms. The normalized spacial score (nSPS) is 12.7. The summed E-state index contributed by atoms with van der Waals surface area (Å²) in [7, 11) is 0. The molecule has 76 valence electrons. The van der Waals surface area contributed by atoms with Crippen LogP contribution in [-0.2, 0) is 0 Å². The topological polar surface area (TPSA) is 43.1 Å². The van der Waals surface area contributed by atoms with Crippen molar-refractivity contribution >= 4 is 16.6 Å². The number of ketones is 1. The van der Waals surface area contributed by atoms with Gasteiger partial charge in [-0.25, -0.2) is 0 Å². The van der Waals surface area contributed by atoms with E-state index < -0.39 is 6.04 Å². The first-order chi connectivity index (χ1) is 7.18. The number of hydrogen-bond donors (Lipinski definition) is 1. The second kappa shape index (κ2) is 3.83. The summed E-state index contributed by atoms with van der Waals surface area (Å²) in [4.78, 5) is 11.7. The highest BCUT2D eigenvalue weighted by molar-refractivity contribution is 6.02. The summed E-state index contributed by atoms with van der Waals surface area (Å²) in [6, 6.07) is 13.2. The molecule has 2 N–H and O–H groups in total. The minimum atomic E-state index is -0.439. The molecule has 0 radical (unpaired) electrons. The zero-order valence-electron chi connectivity index (χ0n) is 8.60. The fourth-order valence-electron chi connectivity index (χ4n) is 1.61. The summed E-state index contributed by atoms with van der Waals surface area (Å²) in [6.07, 6.45) is 0. The Bertz CT molecular complexity index is 503. The molecule has 0 saturated carbocycles. The van der Waals surface area contributed by atoms with E-state index in [-0.39, 0.29) is 5.78 Å². The van der Waals surface area contributed by atoms with E-state index in [0.717, 1.165) is 10.8 Å². The monoisotopic (exact) mass is 199 g/mol. The standard InChI is InChI=1S/C13H13NO/c1-9(14)13(15)12-7-6-10-4-2-3-5-11(10)8-12/h2-9H,14H2,1H3. The molecule has 0 heterocycles. The van der Waals surface area contributed by atoms with Gasteiger partial charge in [-0.2, -0.15) is 0 Å². The van der Waals surface area contributed by atoms with Gasteiger partial charge in [-0.15, -0.1) is 0 Å². The number of benzene rings is 2. The summed E-state index contributed by atoms with van der Waals surface area (Å²) in [5, 5.41) is 2.21. The van der Waals surface area contributed by atoms with Crippen molar-refractivity contribution < 1.29 is 4.79 Å². The molecule has 2 heteroatoms. The first kappa shape index (κ1) is 9.87. The Morgan fingerprint density at radius 1 is 1.13 bits per heavy atom. The molecule has 0 bridgehead atoms. The molecule has 0 spiro atoms. The van der Waals surface area contributed by atoms with E-state index in [1.54, 1.807) is 6.92 Å². The Morgan fingerprint density at radius 3 is 2.47 bits per heavy atom. The Balaban J connectivity index is 2.52. The lowest BCUT2D eigenvalue weighted by Crippen LogP contribution is -2.26. The number of carbonyl (C=O) groups is 1. The highest BCUT2D eigenvalue weighted by Crippen LogP contribution is 2.16. The van der Waals surface area contributed by atoms with Crippen LogP contribution in [0, 0.1) is 0 Å². The lowest BCUT2D eigenvalue weighted by Gasteiger charge is -2.05. The van der Waals surface area contributed by atoms with Gasteiger partial charge in [0.2, 0.25) is 0 Å². The molecule has 0 aliphatic heterocycles. The van der Waals surface area contributed by atoms with Gasteiger partial charge in [-0.1, -0.05) is 36.4 Å². The van der Waals surface area contributed by atoms with E-state index in [1.807, 2.05) is 42.5 Å². The van der Waals surface area contributed by atoms with E-state index in [2.05, 4.69) is 0 Å². The molecule has 0 fully saturated rings. The maximum atomic E-state index is 11.7. The van der Waals surface area contributed by atoms with Crippen LogP contribution < -0.4 is 5.73 Å². The molecule has 0 amide bonds. The number of hydrogen-bond acceptors (Lipinski definition) is 2. The van der Waals surface area contributed by atoms with Crippen molar-refractivity contribution in [3.05, 3.63) is 48.0 Å². The van der Waals surface area contributed by atoms with Gasteiger partial charge in [-0.05, 0) is 23.8 Å². The van der Waals surface area contributed by atoms with Crippen LogP contribution in [-0.4, -0.2) is 11.8 Å². The second-order valence-electron chi connectivity index (χ2n) is 3.71. The Morgan fingerprint density at radius 2 is 1.80 bits per heavy atom. The molecule has 0 aliphatic rings. The Kier molecular flexibility index (Phi) is 2.52. The van der Waals surface area contributed by atoms with E-state index >= 15 is 0 Å². The van der Waals surface area contributed by atoms with Crippen LogP contribution in [0.3, 0.4) is 0 Å². The quantitative estimate of drug-likeness (QED) is 0.754. The van der Waals surface area contributed by atoms with E-state index in [0.29, 0.717) is 5.56 Å². The zero-order chi connectivity index (χ0) is 10.8. The maximum absolute atomic E-state index is 11.7. The molecular formula is C13H13NO. The average Bonchev–Trinajstić information content (AvgIpc) is 2.27. The predicted octanol–water partition coefficient (Wildman–Crippen LogP) is 2.37. The van der Waals surface area contributed by atoms with E-state index in [4.69, 9.17) is 5.73 Å². The van der Waals surface area contributed by atoms with Gasteiger partial charge in [0.05, 0.1) is 6.04 Å². The SMILES string of the molecule is CC(N)C(=O)c1ccc2ccccc2c1. The fraction of sp³-hybridized carbons (Fsp3) is 0.154. The van der Waals surface area contributed by atoms with Crippen LogP contribution in [0.25, 0.3) is 10.8 Å². The van der Waals surface area contributed by atoms with Crippen molar-refractivity contribution in [1.29, 1.82) is 0 Å². The minimum Gasteiger partial charge on any atom is -0.321 e. The van der Waals surface area contributed by atoms with Crippen molar-refractivity contribution in [3.63, 3.8) is 0 Å². The maximum Gasteiger partial charge on any atom is 0.179 e. The molecule has 2 nitrogen and oxygen atoms in total. The molecule has 0 saturated heterocycles. The van der Waals surface area contributed by atoms with Crippen molar-refractivity contribution in [3.8, 4) is 0 Å². The number of carbonyl (C=O) groups excluding carboxylic acids is 1. The first-order valence-corrected chi connectivity index (χ1v) is 4.97. The van der Waals surface area contributed by atoms with Gasteiger partial charge < -0.3 is 5.73 Å². The summed E-state index contributed by atoms with van der Waals surface area (Å²) >= 11 is 0. The van der Waals surface area contributed by atoms with Crippen molar-refractivity contribution in [2.75, 3.05) is 0 Å². The highest BCUT2D eigenvalue weighted by Gasteiger charge is 2.10. The average molecular weight is 199 g/mol. The fourth-order valence-corrected chi connectivity index (χ4v) is 1.61. The summed E-state index contributed by atoms with van der Waals surface area (Å²) in [6.45, 7) is 1.71. The Labute approximate surface area is 88.7 Å². The predicted molar refractivity (Wildman–Crippen MR) is 61.9 cm³/mol. The third-order valence-corrected chi connectivity index (χ3v) is 2.45. The zero-order valence-corrected chi connectivity index (χ0v) is 8.60. The number of rotatable bonds is 2. The minimum absolute atomic E-state index is 0.0132. The van der Waals surface area contributed by atoms with Gasteiger partial charge in [-0.3, -0.25) is 4.79 Å².